The molecule has 1 aromatic heterocycles. The fraction of sp³-hybridized carbons (Fsp3) is 0. The van der Waals surface area contributed by atoms with Gasteiger partial charge in [-0.05, 0) is 33.9 Å². The Morgan fingerprint density at radius 3 is 1.90 bits per heavy atom. The summed E-state index contributed by atoms with van der Waals surface area (Å²) in [6.45, 7) is 0. The maximum absolute atomic E-state index is 6.66. The Balaban J connectivity index is 1.90. The van der Waals surface area contributed by atoms with Crippen molar-refractivity contribution < 1.29 is 4.42 Å². The summed E-state index contributed by atoms with van der Waals surface area (Å²) >= 11 is 6.40. The van der Waals surface area contributed by atoms with Crippen molar-refractivity contribution in [1.29, 1.82) is 0 Å². The summed E-state index contributed by atoms with van der Waals surface area (Å²) in [5.41, 5.74) is 4.24. The summed E-state index contributed by atoms with van der Waals surface area (Å²) in [7, 11) is 0. The van der Waals surface area contributed by atoms with Crippen molar-refractivity contribution in [3.05, 3.63) is 108 Å². The molecule has 30 heavy (non-hydrogen) atoms. The fourth-order valence-corrected chi connectivity index (χ4v) is 4.60. The zero-order valence-corrected chi connectivity index (χ0v) is 16.9. The number of furan rings is 1. The summed E-state index contributed by atoms with van der Waals surface area (Å²) in [5.74, 6) is 0.893. The Kier molecular flexibility index (Phi) is 3.90. The fourth-order valence-electron chi connectivity index (χ4n) is 4.42. The molecule has 1 nitrogen and oxygen atoms in total. The second-order valence-corrected chi connectivity index (χ2v) is 7.91. The van der Waals surface area contributed by atoms with Gasteiger partial charge < -0.3 is 4.42 Å². The molecule has 0 aliphatic carbocycles. The SMILES string of the molecule is Clc1ccc2c(c1)c1ccccc1c1oc(-c3ccccc3)c(-c3ccccc3)c21. The van der Waals surface area contributed by atoms with Gasteiger partial charge in [0.2, 0.25) is 0 Å². The van der Waals surface area contributed by atoms with E-state index in [9.17, 15) is 0 Å². The number of benzene rings is 5. The van der Waals surface area contributed by atoms with Gasteiger partial charge in [-0.3, -0.25) is 0 Å². The molecule has 0 aliphatic heterocycles. The lowest BCUT2D eigenvalue weighted by molar-refractivity contribution is 0.636. The van der Waals surface area contributed by atoms with E-state index in [1.165, 1.54) is 0 Å². The van der Waals surface area contributed by atoms with E-state index < -0.39 is 0 Å². The first-order chi connectivity index (χ1) is 14.8. The van der Waals surface area contributed by atoms with Crippen molar-refractivity contribution in [3.63, 3.8) is 0 Å². The van der Waals surface area contributed by atoms with Crippen LogP contribution in [0.15, 0.2) is 108 Å². The van der Waals surface area contributed by atoms with Crippen LogP contribution in [0.5, 0.6) is 0 Å². The number of rotatable bonds is 2. The van der Waals surface area contributed by atoms with Gasteiger partial charge in [-0.1, -0.05) is 103 Å². The van der Waals surface area contributed by atoms with Crippen molar-refractivity contribution in [2.75, 3.05) is 0 Å². The van der Waals surface area contributed by atoms with Crippen LogP contribution >= 0.6 is 11.6 Å². The third-order valence-corrected chi connectivity index (χ3v) is 5.95. The van der Waals surface area contributed by atoms with Crippen molar-refractivity contribution in [1.82, 2.24) is 0 Å². The first kappa shape index (κ1) is 17.3. The summed E-state index contributed by atoms with van der Waals surface area (Å²) in [4.78, 5) is 0. The predicted molar refractivity (Wildman–Crippen MR) is 127 cm³/mol. The number of hydrogen-bond acceptors (Lipinski definition) is 1. The quantitative estimate of drug-likeness (QED) is 0.263. The van der Waals surface area contributed by atoms with Crippen LogP contribution in [0.3, 0.4) is 0 Å². The average Bonchev–Trinajstić information content (AvgIpc) is 3.21. The van der Waals surface area contributed by atoms with Crippen LogP contribution in [-0.4, -0.2) is 0 Å². The molecule has 0 unspecified atom stereocenters. The van der Waals surface area contributed by atoms with Gasteiger partial charge in [0.05, 0.1) is 0 Å². The van der Waals surface area contributed by atoms with Crippen LogP contribution in [0.25, 0.3) is 55.0 Å². The molecule has 0 fully saturated rings. The van der Waals surface area contributed by atoms with Crippen LogP contribution in [0.2, 0.25) is 5.02 Å². The monoisotopic (exact) mass is 404 g/mol. The van der Waals surface area contributed by atoms with E-state index in [4.69, 9.17) is 16.0 Å². The predicted octanol–water partition coefficient (Wildman–Crippen LogP) is 8.73. The summed E-state index contributed by atoms with van der Waals surface area (Å²) < 4.78 is 6.66. The smallest absolute Gasteiger partial charge is 0.143 e. The lowest BCUT2D eigenvalue weighted by Crippen LogP contribution is -1.84. The Bertz CT molecular complexity index is 1530. The highest BCUT2D eigenvalue weighted by molar-refractivity contribution is 6.34. The molecule has 0 saturated heterocycles. The van der Waals surface area contributed by atoms with E-state index in [0.717, 1.165) is 60.0 Å². The largest absolute Gasteiger partial charge is 0.455 e. The molecule has 0 atom stereocenters. The van der Waals surface area contributed by atoms with Crippen LogP contribution in [0.4, 0.5) is 0 Å². The van der Waals surface area contributed by atoms with Crippen LogP contribution in [0, 0.1) is 0 Å². The molecule has 0 saturated carbocycles. The minimum absolute atomic E-state index is 0.736. The third-order valence-electron chi connectivity index (χ3n) is 5.72. The first-order valence-electron chi connectivity index (χ1n) is 9.98. The average molecular weight is 405 g/mol. The lowest BCUT2D eigenvalue weighted by Gasteiger charge is -2.08. The minimum atomic E-state index is 0.736. The van der Waals surface area contributed by atoms with Crippen molar-refractivity contribution >= 4 is 44.1 Å². The summed E-state index contributed by atoms with van der Waals surface area (Å²) in [6, 6.07) is 35.3. The number of halogens is 1. The van der Waals surface area contributed by atoms with Crippen molar-refractivity contribution in [2.24, 2.45) is 0 Å². The van der Waals surface area contributed by atoms with Gasteiger partial charge in [0.15, 0.2) is 0 Å². The maximum atomic E-state index is 6.66. The third kappa shape index (κ3) is 2.56. The molecule has 0 N–H and O–H groups in total. The van der Waals surface area contributed by atoms with E-state index in [-0.39, 0.29) is 0 Å². The van der Waals surface area contributed by atoms with Crippen LogP contribution in [-0.2, 0) is 0 Å². The molecule has 5 aromatic carbocycles. The highest BCUT2D eigenvalue weighted by Gasteiger charge is 2.22. The van der Waals surface area contributed by atoms with Crippen molar-refractivity contribution in [2.45, 2.75) is 0 Å². The second-order valence-electron chi connectivity index (χ2n) is 7.48. The first-order valence-corrected chi connectivity index (χ1v) is 10.4. The summed E-state index contributed by atoms with van der Waals surface area (Å²) in [5, 5.41) is 6.41. The van der Waals surface area contributed by atoms with Gasteiger partial charge in [0.1, 0.15) is 11.3 Å². The van der Waals surface area contributed by atoms with E-state index in [1.807, 2.05) is 30.3 Å². The van der Waals surface area contributed by atoms with Gasteiger partial charge in [-0.25, -0.2) is 0 Å². The molecule has 0 aliphatic rings. The zero-order chi connectivity index (χ0) is 20.1. The molecule has 1 heterocycles. The standard InChI is InChI=1S/C28H17ClO/c29-20-15-16-22-24(17-20)21-13-7-8-14-23(21)28-26(22)25(18-9-3-1-4-10-18)27(30-28)19-11-5-2-6-12-19/h1-17H. The van der Waals surface area contributed by atoms with Crippen LogP contribution in [0.1, 0.15) is 0 Å². The summed E-state index contributed by atoms with van der Waals surface area (Å²) in [6.07, 6.45) is 0. The molecule has 142 valence electrons. The molecule has 0 spiro atoms. The normalized spacial score (nSPS) is 11.5. The van der Waals surface area contributed by atoms with Crippen LogP contribution < -0.4 is 0 Å². The van der Waals surface area contributed by atoms with Gasteiger partial charge >= 0.3 is 0 Å². The van der Waals surface area contributed by atoms with E-state index in [0.29, 0.717) is 0 Å². The van der Waals surface area contributed by atoms with Gasteiger partial charge in [-0.2, -0.15) is 0 Å². The topological polar surface area (TPSA) is 13.1 Å². The highest BCUT2D eigenvalue weighted by Crippen LogP contribution is 2.47. The van der Waals surface area contributed by atoms with E-state index in [1.54, 1.807) is 0 Å². The molecule has 6 rings (SSSR count). The lowest BCUT2D eigenvalue weighted by atomic mass is 9.92. The molecule has 2 heteroatoms. The Hall–Kier alpha value is -3.55. The zero-order valence-electron chi connectivity index (χ0n) is 16.1. The molecular weight excluding hydrogens is 388 g/mol. The maximum Gasteiger partial charge on any atom is 0.143 e. The van der Waals surface area contributed by atoms with Gasteiger partial charge in [-0.15, -0.1) is 0 Å². The molecule has 6 aromatic rings. The Labute approximate surface area is 179 Å². The Morgan fingerprint density at radius 2 is 1.17 bits per heavy atom. The van der Waals surface area contributed by atoms with E-state index >= 15 is 0 Å². The molecular formula is C28H17ClO. The molecule has 0 radical (unpaired) electrons. The number of fused-ring (bicyclic) bond motifs is 6. The number of hydrogen-bond donors (Lipinski definition) is 0. The molecule has 0 amide bonds. The highest BCUT2D eigenvalue weighted by atomic mass is 35.5. The minimum Gasteiger partial charge on any atom is -0.455 e. The van der Waals surface area contributed by atoms with E-state index in [2.05, 4.69) is 72.8 Å². The van der Waals surface area contributed by atoms with Crippen molar-refractivity contribution in [3.8, 4) is 22.5 Å². The Morgan fingerprint density at radius 1 is 0.533 bits per heavy atom. The second kappa shape index (κ2) is 6.76. The van der Waals surface area contributed by atoms with Gasteiger partial charge in [0, 0.05) is 26.9 Å². The van der Waals surface area contributed by atoms with Gasteiger partial charge in [0.25, 0.3) is 0 Å². The molecule has 0 bridgehead atoms.